The van der Waals surface area contributed by atoms with Gasteiger partial charge in [-0.2, -0.15) is 0 Å². The lowest BCUT2D eigenvalue weighted by molar-refractivity contribution is -0.255. The van der Waals surface area contributed by atoms with Crippen molar-refractivity contribution in [3.05, 3.63) is 65.7 Å². The van der Waals surface area contributed by atoms with E-state index in [1.165, 1.54) is 11.0 Å². The van der Waals surface area contributed by atoms with Crippen LogP contribution < -0.4 is 5.11 Å². The molecule has 122 valence electrons. The largest absolute Gasteiger partial charge is 0.545 e. The van der Waals surface area contributed by atoms with E-state index in [9.17, 15) is 19.5 Å². The second kappa shape index (κ2) is 6.88. The quantitative estimate of drug-likeness (QED) is 0.770. The second-order valence-corrected chi connectivity index (χ2v) is 6.64. The zero-order chi connectivity index (χ0) is 17.1. The van der Waals surface area contributed by atoms with Crippen molar-refractivity contribution in [2.24, 2.45) is 0 Å². The third kappa shape index (κ3) is 3.33. The van der Waals surface area contributed by atoms with Gasteiger partial charge in [-0.05, 0) is 11.6 Å². The zero-order valence-electron chi connectivity index (χ0n) is 12.7. The molecule has 0 spiro atoms. The third-order valence-electron chi connectivity index (χ3n) is 3.76. The molecular weight excluding hydrogens is 326 g/mol. The number of rotatable bonds is 5. The number of hydrogen-bond acceptors (Lipinski definition) is 5. The Balaban J connectivity index is 1.76. The van der Waals surface area contributed by atoms with Crippen LogP contribution in [0.1, 0.15) is 22.3 Å². The summed E-state index contributed by atoms with van der Waals surface area (Å²) in [6.07, 6.45) is 0.0672. The molecule has 0 unspecified atom stereocenters. The number of aromatic carboxylic acids is 1. The van der Waals surface area contributed by atoms with E-state index in [1.807, 2.05) is 30.3 Å². The number of benzene rings is 2. The number of likely N-dealkylation sites (tertiary alicyclic amines) is 1. The minimum atomic E-state index is -1.30. The molecule has 5 nitrogen and oxygen atoms in total. The number of amides is 2. The van der Waals surface area contributed by atoms with Crippen LogP contribution in [0.3, 0.4) is 0 Å². The van der Waals surface area contributed by atoms with E-state index in [2.05, 4.69) is 0 Å². The van der Waals surface area contributed by atoms with Crippen molar-refractivity contribution in [1.82, 2.24) is 4.90 Å². The normalized spacial score (nSPS) is 17.3. The lowest BCUT2D eigenvalue weighted by atomic mass is 10.2. The van der Waals surface area contributed by atoms with Gasteiger partial charge in [0.15, 0.2) is 0 Å². The minimum Gasteiger partial charge on any atom is -0.545 e. The summed E-state index contributed by atoms with van der Waals surface area (Å²) < 4.78 is 0. The first-order valence-electron chi connectivity index (χ1n) is 7.41. The van der Waals surface area contributed by atoms with Crippen molar-refractivity contribution >= 4 is 29.5 Å². The van der Waals surface area contributed by atoms with Gasteiger partial charge in [0.1, 0.15) is 0 Å². The molecule has 0 saturated carbocycles. The molecule has 0 aromatic heterocycles. The Morgan fingerprint density at radius 1 is 1.08 bits per heavy atom. The first-order valence-corrected chi connectivity index (χ1v) is 8.29. The first-order chi connectivity index (χ1) is 11.6. The van der Waals surface area contributed by atoms with Gasteiger partial charge in [-0.3, -0.25) is 14.5 Å². The van der Waals surface area contributed by atoms with E-state index in [0.717, 1.165) is 17.3 Å². The number of thioether (sulfide) groups is 1. The number of carboxylic acids is 1. The van der Waals surface area contributed by atoms with Gasteiger partial charge in [-0.1, -0.05) is 48.5 Å². The molecule has 0 bridgehead atoms. The van der Waals surface area contributed by atoms with Crippen molar-refractivity contribution < 1.29 is 19.5 Å². The van der Waals surface area contributed by atoms with Gasteiger partial charge in [0.2, 0.25) is 11.8 Å². The van der Waals surface area contributed by atoms with E-state index in [0.29, 0.717) is 4.90 Å². The summed E-state index contributed by atoms with van der Waals surface area (Å²) in [5, 5.41) is 10.6. The van der Waals surface area contributed by atoms with Crippen molar-refractivity contribution in [2.75, 3.05) is 0 Å². The molecule has 1 fully saturated rings. The maximum atomic E-state index is 12.5. The van der Waals surface area contributed by atoms with Gasteiger partial charge in [0, 0.05) is 16.9 Å². The summed E-state index contributed by atoms with van der Waals surface area (Å²) in [4.78, 5) is 37.5. The smallest absolute Gasteiger partial charge is 0.243 e. The van der Waals surface area contributed by atoms with Crippen LogP contribution in [0, 0.1) is 0 Å². The number of carbonyl (C=O) groups excluding carboxylic acids is 3. The number of hydrogen-bond donors (Lipinski definition) is 0. The average molecular weight is 340 g/mol. The molecule has 2 amide bonds. The molecule has 6 heteroatoms. The monoisotopic (exact) mass is 340 g/mol. The van der Waals surface area contributed by atoms with Crippen LogP contribution in [-0.4, -0.2) is 27.9 Å². The number of carboxylic acid groups (broad SMARTS) is 1. The Hall–Kier alpha value is -2.60. The van der Waals surface area contributed by atoms with E-state index < -0.39 is 11.2 Å². The van der Waals surface area contributed by atoms with Crippen LogP contribution in [0.25, 0.3) is 0 Å². The third-order valence-corrected chi connectivity index (χ3v) is 5.02. The van der Waals surface area contributed by atoms with Gasteiger partial charge in [-0.15, -0.1) is 11.8 Å². The van der Waals surface area contributed by atoms with Crippen molar-refractivity contribution in [2.45, 2.75) is 23.1 Å². The van der Waals surface area contributed by atoms with Crippen molar-refractivity contribution in [1.29, 1.82) is 0 Å². The summed E-state index contributed by atoms with van der Waals surface area (Å²) in [5.74, 6) is -1.83. The number of carbonyl (C=O) groups is 3. The highest BCUT2D eigenvalue weighted by Crippen LogP contribution is 2.33. The summed E-state index contributed by atoms with van der Waals surface area (Å²) in [5.41, 5.74) is 0.907. The fourth-order valence-corrected chi connectivity index (χ4v) is 3.76. The fourth-order valence-electron chi connectivity index (χ4n) is 2.57. The van der Waals surface area contributed by atoms with E-state index in [-0.39, 0.29) is 30.3 Å². The molecular formula is C18H14NO4S-. The fraction of sp³-hybridized carbons (Fsp3) is 0.167. The molecule has 1 atom stereocenters. The van der Waals surface area contributed by atoms with Gasteiger partial charge in [-0.25, -0.2) is 0 Å². The standard InChI is InChI=1S/C18H15NO4S/c20-16-10-15(24-14-9-5-4-8-13(14)18(22)23)17(21)19(16)11-12-6-2-1-3-7-12/h1-9,15H,10-11H2,(H,22,23)/p-1/t15-/m0/s1. The van der Waals surface area contributed by atoms with Crippen LogP contribution in [-0.2, 0) is 16.1 Å². The highest BCUT2D eigenvalue weighted by molar-refractivity contribution is 8.00. The maximum Gasteiger partial charge on any atom is 0.243 e. The van der Waals surface area contributed by atoms with Gasteiger partial charge in [0.25, 0.3) is 0 Å². The second-order valence-electron chi connectivity index (χ2n) is 5.40. The minimum absolute atomic E-state index is 0.0317. The highest BCUT2D eigenvalue weighted by Gasteiger charge is 2.39. The summed E-state index contributed by atoms with van der Waals surface area (Å²) in [7, 11) is 0. The van der Waals surface area contributed by atoms with Crippen LogP contribution in [0.2, 0.25) is 0 Å². The molecule has 1 aliphatic rings. The van der Waals surface area contributed by atoms with E-state index in [1.54, 1.807) is 18.2 Å². The lowest BCUT2D eigenvalue weighted by Gasteiger charge is -2.16. The lowest BCUT2D eigenvalue weighted by Crippen LogP contribution is -2.30. The Morgan fingerprint density at radius 3 is 2.46 bits per heavy atom. The molecule has 1 aliphatic heterocycles. The Kier molecular flexibility index (Phi) is 4.66. The Morgan fingerprint density at radius 2 is 1.75 bits per heavy atom. The van der Waals surface area contributed by atoms with Crippen LogP contribution in [0.4, 0.5) is 0 Å². The van der Waals surface area contributed by atoms with Crippen molar-refractivity contribution in [3.8, 4) is 0 Å². The maximum absolute atomic E-state index is 12.5. The molecule has 1 heterocycles. The average Bonchev–Trinajstić information content (AvgIpc) is 2.84. The molecule has 0 radical (unpaired) electrons. The molecule has 3 rings (SSSR count). The summed E-state index contributed by atoms with van der Waals surface area (Å²) in [6.45, 7) is 0.234. The first kappa shape index (κ1) is 16.3. The molecule has 2 aromatic rings. The van der Waals surface area contributed by atoms with Crippen LogP contribution in [0.15, 0.2) is 59.5 Å². The van der Waals surface area contributed by atoms with Crippen molar-refractivity contribution in [3.63, 3.8) is 0 Å². The molecule has 1 saturated heterocycles. The van der Waals surface area contributed by atoms with Crippen LogP contribution >= 0.6 is 11.8 Å². The predicted molar refractivity (Wildman–Crippen MR) is 87.0 cm³/mol. The molecule has 24 heavy (non-hydrogen) atoms. The predicted octanol–water partition coefficient (Wildman–Crippen LogP) is 1.47. The Labute approximate surface area is 143 Å². The number of imide groups is 1. The van der Waals surface area contributed by atoms with E-state index >= 15 is 0 Å². The topological polar surface area (TPSA) is 77.5 Å². The van der Waals surface area contributed by atoms with Crippen LogP contribution in [0.5, 0.6) is 0 Å². The molecule has 2 aromatic carbocycles. The highest BCUT2D eigenvalue weighted by atomic mass is 32.2. The SMILES string of the molecule is O=C([O-])c1ccccc1S[C@H]1CC(=O)N(Cc2ccccc2)C1=O. The van der Waals surface area contributed by atoms with Gasteiger partial charge < -0.3 is 9.90 Å². The summed E-state index contributed by atoms with van der Waals surface area (Å²) in [6, 6.07) is 15.6. The zero-order valence-corrected chi connectivity index (χ0v) is 13.5. The number of nitrogens with zero attached hydrogens (tertiary/aromatic N) is 1. The van der Waals surface area contributed by atoms with Gasteiger partial charge >= 0.3 is 0 Å². The van der Waals surface area contributed by atoms with Gasteiger partial charge in [0.05, 0.1) is 17.8 Å². The summed E-state index contributed by atoms with van der Waals surface area (Å²) >= 11 is 1.10. The van der Waals surface area contributed by atoms with E-state index in [4.69, 9.17) is 0 Å². The molecule has 0 aliphatic carbocycles. The Bertz CT molecular complexity index is 791. The molecule has 0 N–H and O–H groups in total.